The van der Waals surface area contributed by atoms with Gasteiger partial charge in [-0.2, -0.15) is 0 Å². The van der Waals surface area contributed by atoms with Crippen LogP contribution in [0.25, 0.3) is 0 Å². The first-order valence-corrected chi connectivity index (χ1v) is 36.4. The molecule has 9 N–H and O–H groups in total. The highest BCUT2D eigenvalue weighted by molar-refractivity contribution is 5.76. The van der Waals surface area contributed by atoms with Crippen molar-refractivity contribution in [1.29, 1.82) is 0 Å². The quantitative estimate of drug-likeness (QED) is 0.0204. The molecule has 0 bridgehead atoms. The highest BCUT2D eigenvalue weighted by atomic mass is 16.7. The summed E-state index contributed by atoms with van der Waals surface area (Å²) in [5.74, 6) is -0.232. The van der Waals surface area contributed by atoms with Crippen molar-refractivity contribution in [3.8, 4) is 0 Å². The molecule has 85 heavy (non-hydrogen) atoms. The van der Waals surface area contributed by atoms with Gasteiger partial charge in [0.05, 0.1) is 32.0 Å². The summed E-state index contributed by atoms with van der Waals surface area (Å²) in [5.41, 5.74) is 0. The van der Waals surface area contributed by atoms with Crippen LogP contribution in [-0.2, 0) is 23.7 Å². The topological polar surface area (TPSA) is 228 Å². The van der Waals surface area contributed by atoms with Gasteiger partial charge in [-0.1, -0.05) is 328 Å². The van der Waals surface area contributed by atoms with E-state index in [1.54, 1.807) is 6.08 Å². The third-order valence-electron chi connectivity index (χ3n) is 18.2. The zero-order valence-corrected chi connectivity index (χ0v) is 54.9. The minimum atomic E-state index is -1.79. The average Bonchev–Trinajstić information content (AvgIpc) is 3.64. The third-order valence-corrected chi connectivity index (χ3v) is 18.2. The van der Waals surface area contributed by atoms with Crippen molar-refractivity contribution in [3.05, 3.63) is 12.2 Å². The van der Waals surface area contributed by atoms with E-state index in [4.69, 9.17) is 18.9 Å². The van der Waals surface area contributed by atoms with Gasteiger partial charge in [-0.25, -0.2) is 0 Å². The van der Waals surface area contributed by atoms with Gasteiger partial charge in [-0.05, 0) is 19.3 Å². The Balaban J connectivity index is 1.56. The van der Waals surface area contributed by atoms with Crippen molar-refractivity contribution in [3.63, 3.8) is 0 Å². The fourth-order valence-electron chi connectivity index (χ4n) is 12.4. The summed E-state index contributed by atoms with van der Waals surface area (Å²) in [6, 6.07) is -0.910. The molecular weight excluding hydrogens is 1070 g/mol. The van der Waals surface area contributed by atoms with Gasteiger partial charge in [0.1, 0.15) is 48.8 Å². The second kappa shape index (κ2) is 56.7. The van der Waals surface area contributed by atoms with Crippen molar-refractivity contribution in [2.75, 3.05) is 19.8 Å². The van der Waals surface area contributed by atoms with Crippen LogP contribution >= 0.6 is 0 Å². The Kier molecular flexibility index (Phi) is 53.2. The number of hydrogen-bond donors (Lipinski definition) is 9. The Labute approximate surface area is 520 Å². The second-order valence-corrected chi connectivity index (χ2v) is 26.1. The molecule has 12 atom stereocenters. The molecule has 14 nitrogen and oxygen atoms in total. The van der Waals surface area contributed by atoms with Crippen LogP contribution in [0.3, 0.4) is 0 Å². The Morgan fingerprint density at radius 1 is 0.412 bits per heavy atom. The molecule has 0 spiro atoms. The SMILES string of the molecule is CCCCCCCCCCCCCC/C=C/C(O)C(COC1OC(CO)C(OC2OC(CO)C(O)C(O)C2O)C(O)C1O)NC(=O)CCCCCCCCCCCCCCCCCCCCCCCCCCCCCCCCCCCCCCC. The molecule has 2 aliphatic rings. The zero-order valence-electron chi connectivity index (χ0n) is 54.9. The van der Waals surface area contributed by atoms with E-state index in [-0.39, 0.29) is 18.9 Å². The Morgan fingerprint density at radius 2 is 0.729 bits per heavy atom. The van der Waals surface area contributed by atoms with Crippen LogP contribution in [0.4, 0.5) is 0 Å². The van der Waals surface area contributed by atoms with Crippen molar-refractivity contribution < 1.29 is 64.6 Å². The Bertz CT molecular complexity index is 1470. The summed E-state index contributed by atoms with van der Waals surface area (Å²) in [5, 5.41) is 87.3. The average molecular weight is 1210 g/mol. The van der Waals surface area contributed by atoms with Crippen LogP contribution in [0.5, 0.6) is 0 Å². The number of carbonyl (C=O) groups is 1. The van der Waals surface area contributed by atoms with Crippen LogP contribution in [0, 0.1) is 0 Å². The number of ether oxygens (including phenoxy) is 4. The number of amides is 1. The number of aliphatic hydroxyl groups is 8. The number of nitrogens with one attached hydrogen (secondary N) is 1. The lowest BCUT2D eigenvalue weighted by Gasteiger charge is -2.46. The third kappa shape index (κ3) is 41.0. The maximum atomic E-state index is 13.3. The molecule has 0 aromatic rings. The van der Waals surface area contributed by atoms with Crippen molar-refractivity contribution >= 4 is 5.91 Å². The molecule has 2 heterocycles. The largest absolute Gasteiger partial charge is 0.394 e. The summed E-state index contributed by atoms with van der Waals surface area (Å²) >= 11 is 0. The summed E-state index contributed by atoms with van der Waals surface area (Å²) < 4.78 is 22.8. The van der Waals surface area contributed by atoms with E-state index in [2.05, 4.69) is 19.2 Å². The lowest BCUT2D eigenvalue weighted by Crippen LogP contribution is -2.65. The van der Waals surface area contributed by atoms with Gasteiger partial charge in [0, 0.05) is 6.42 Å². The minimum absolute atomic E-state index is 0.232. The molecule has 12 unspecified atom stereocenters. The number of hydrogen-bond acceptors (Lipinski definition) is 13. The predicted octanol–water partition coefficient (Wildman–Crippen LogP) is 15.0. The maximum Gasteiger partial charge on any atom is 0.220 e. The molecule has 0 aliphatic carbocycles. The molecule has 504 valence electrons. The van der Waals surface area contributed by atoms with Crippen LogP contribution < -0.4 is 5.32 Å². The molecule has 0 saturated carbocycles. The van der Waals surface area contributed by atoms with Gasteiger partial charge in [0.2, 0.25) is 5.91 Å². The van der Waals surface area contributed by atoms with Crippen LogP contribution in [0.15, 0.2) is 12.2 Å². The smallest absolute Gasteiger partial charge is 0.220 e. The maximum absolute atomic E-state index is 13.3. The summed E-state index contributed by atoms with van der Waals surface area (Å²) in [6.07, 6.45) is 53.1. The molecule has 2 rings (SSSR count). The van der Waals surface area contributed by atoms with E-state index in [0.29, 0.717) is 6.42 Å². The molecule has 0 aromatic carbocycles. The number of unbranched alkanes of at least 4 members (excludes halogenated alkanes) is 48. The lowest BCUT2D eigenvalue weighted by atomic mass is 9.97. The first-order chi connectivity index (χ1) is 41.6. The molecule has 14 heteroatoms. The van der Waals surface area contributed by atoms with E-state index in [0.717, 1.165) is 38.5 Å². The van der Waals surface area contributed by atoms with E-state index in [9.17, 15) is 45.6 Å². The van der Waals surface area contributed by atoms with Crippen LogP contribution in [0.2, 0.25) is 0 Å². The number of allylic oxidation sites excluding steroid dienone is 1. The number of rotatable bonds is 61. The van der Waals surface area contributed by atoms with Crippen molar-refractivity contribution in [2.24, 2.45) is 0 Å². The zero-order chi connectivity index (χ0) is 61.6. The van der Waals surface area contributed by atoms with Gasteiger partial charge < -0.3 is 65.1 Å². The van der Waals surface area contributed by atoms with Crippen LogP contribution in [-0.4, -0.2) is 140 Å². The lowest BCUT2D eigenvalue weighted by molar-refractivity contribution is -0.359. The molecule has 2 saturated heterocycles. The number of aliphatic hydroxyl groups excluding tert-OH is 8. The fraction of sp³-hybridized carbons (Fsp3) is 0.958. The van der Waals surface area contributed by atoms with E-state index >= 15 is 0 Å². The minimum Gasteiger partial charge on any atom is -0.394 e. The normalized spacial score (nSPS) is 23.5. The molecule has 2 aliphatic heterocycles. The van der Waals surface area contributed by atoms with Gasteiger partial charge in [0.25, 0.3) is 0 Å². The molecule has 0 aromatic heterocycles. The fourth-order valence-corrected chi connectivity index (χ4v) is 12.4. The Hall–Kier alpha value is -1.27. The Morgan fingerprint density at radius 3 is 1.08 bits per heavy atom. The van der Waals surface area contributed by atoms with Crippen molar-refractivity contribution in [1.82, 2.24) is 5.32 Å². The molecule has 1 amide bonds. The second-order valence-electron chi connectivity index (χ2n) is 26.1. The van der Waals surface area contributed by atoms with E-state index in [1.807, 2.05) is 6.08 Å². The first kappa shape index (κ1) is 79.8. The molecule has 2 fully saturated rings. The highest BCUT2D eigenvalue weighted by Crippen LogP contribution is 2.30. The summed E-state index contributed by atoms with van der Waals surface area (Å²) in [6.45, 7) is 2.84. The summed E-state index contributed by atoms with van der Waals surface area (Å²) in [4.78, 5) is 13.3. The highest BCUT2D eigenvalue weighted by Gasteiger charge is 2.51. The monoisotopic (exact) mass is 1210 g/mol. The van der Waals surface area contributed by atoms with Crippen molar-refractivity contribution in [2.45, 2.75) is 415 Å². The molecular formula is C71H137NO13. The van der Waals surface area contributed by atoms with Gasteiger partial charge in [-0.15, -0.1) is 0 Å². The van der Waals surface area contributed by atoms with Gasteiger partial charge >= 0.3 is 0 Å². The predicted molar refractivity (Wildman–Crippen MR) is 346 cm³/mol. The van der Waals surface area contributed by atoms with E-state index < -0.39 is 86.8 Å². The van der Waals surface area contributed by atoms with Crippen LogP contribution in [0.1, 0.15) is 341 Å². The summed E-state index contributed by atoms with van der Waals surface area (Å²) in [7, 11) is 0. The number of carbonyl (C=O) groups excluding carboxylic acids is 1. The van der Waals surface area contributed by atoms with E-state index in [1.165, 1.54) is 276 Å². The van der Waals surface area contributed by atoms with Gasteiger partial charge in [0.15, 0.2) is 12.6 Å². The standard InChI is InChI=1S/C71H137NO13/c1-3-5-7-9-11-13-15-17-19-20-21-22-23-24-25-26-27-28-29-30-31-32-33-34-35-36-37-38-39-40-41-43-45-47-49-51-53-55-63(76)72-59(60(75)54-52-50-48-46-44-42-18-16-14-12-10-8-6-4-2)58-82-70-68(81)66(79)69(62(57-74)84-70)85-71-67(80)65(78)64(77)61(56-73)83-71/h52,54,59-62,64-71,73-75,77-81H,3-51,53,55-58H2,1-2H3,(H,72,76)/b54-52+. The first-order valence-electron chi connectivity index (χ1n) is 36.4. The molecule has 0 radical (unpaired) electrons. The van der Waals surface area contributed by atoms with Gasteiger partial charge in [-0.3, -0.25) is 4.79 Å².